The van der Waals surface area contributed by atoms with E-state index < -0.39 is 4.92 Å². The summed E-state index contributed by atoms with van der Waals surface area (Å²) < 4.78 is 5.57. The van der Waals surface area contributed by atoms with Gasteiger partial charge in [0.25, 0.3) is 5.88 Å². The molecule has 0 N–H and O–H groups in total. The predicted octanol–water partition coefficient (Wildman–Crippen LogP) is 1.69. The van der Waals surface area contributed by atoms with E-state index in [2.05, 4.69) is 25.9 Å². The van der Waals surface area contributed by atoms with Crippen LogP contribution in [0.1, 0.15) is 12.8 Å². The van der Waals surface area contributed by atoms with Crippen molar-refractivity contribution in [2.45, 2.75) is 18.9 Å². The van der Waals surface area contributed by atoms with Gasteiger partial charge in [0.2, 0.25) is 0 Å². The Hall–Kier alpha value is -1.24. The van der Waals surface area contributed by atoms with Gasteiger partial charge in [0, 0.05) is 0 Å². The van der Waals surface area contributed by atoms with Gasteiger partial charge in [-0.25, -0.2) is 4.98 Å². The molecule has 0 saturated heterocycles. The topological polar surface area (TPSA) is 78.2 Å². The van der Waals surface area contributed by atoms with E-state index in [-0.39, 0.29) is 17.7 Å². The Morgan fingerprint density at radius 2 is 2.36 bits per heavy atom. The lowest BCUT2D eigenvalue weighted by Crippen LogP contribution is -2.03. The van der Waals surface area contributed by atoms with Gasteiger partial charge >= 0.3 is 5.69 Å². The van der Waals surface area contributed by atoms with E-state index in [0.717, 1.165) is 19.0 Å². The first-order chi connectivity index (χ1) is 6.66. The SMILES string of the molecule is O=[N+]([O-])c1cnc(Br)nc1OC1CC1. The lowest BCUT2D eigenvalue weighted by molar-refractivity contribution is -0.386. The molecule has 0 unspecified atom stereocenters. The summed E-state index contributed by atoms with van der Waals surface area (Å²) in [5.41, 5.74) is -0.194. The van der Waals surface area contributed by atoms with Gasteiger partial charge in [-0.15, -0.1) is 0 Å². The summed E-state index contributed by atoms with van der Waals surface area (Å²) in [5.74, 6) is 0.0411. The van der Waals surface area contributed by atoms with Gasteiger partial charge in [0.15, 0.2) is 4.73 Å². The summed E-state index contributed by atoms with van der Waals surface area (Å²) in [7, 11) is 0. The summed E-state index contributed by atoms with van der Waals surface area (Å²) in [6, 6.07) is 0. The van der Waals surface area contributed by atoms with Crippen molar-refractivity contribution in [3.63, 3.8) is 0 Å². The molecular formula is C7H6BrN3O3. The van der Waals surface area contributed by atoms with Crippen LogP contribution in [0.25, 0.3) is 0 Å². The predicted molar refractivity (Wildman–Crippen MR) is 50.0 cm³/mol. The third-order valence-electron chi connectivity index (χ3n) is 1.71. The minimum absolute atomic E-state index is 0.0411. The molecule has 0 atom stereocenters. The van der Waals surface area contributed by atoms with Crippen molar-refractivity contribution < 1.29 is 9.66 Å². The summed E-state index contributed by atoms with van der Waals surface area (Å²) in [6.07, 6.45) is 3.07. The number of nitrogens with zero attached hydrogens (tertiary/aromatic N) is 3. The van der Waals surface area contributed by atoms with Crippen molar-refractivity contribution in [1.82, 2.24) is 9.97 Å². The van der Waals surface area contributed by atoms with Crippen LogP contribution < -0.4 is 4.74 Å². The highest BCUT2D eigenvalue weighted by Gasteiger charge is 2.28. The second-order valence-corrected chi connectivity index (χ2v) is 3.61. The summed E-state index contributed by atoms with van der Waals surface area (Å²) in [4.78, 5) is 17.5. The molecule has 0 aliphatic heterocycles. The molecule has 74 valence electrons. The fraction of sp³-hybridized carbons (Fsp3) is 0.429. The fourth-order valence-electron chi connectivity index (χ4n) is 0.895. The highest BCUT2D eigenvalue weighted by molar-refractivity contribution is 9.10. The minimum atomic E-state index is -0.551. The molecule has 0 aromatic carbocycles. The molecule has 2 rings (SSSR count). The molecule has 1 aliphatic rings. The van der Waals surface area contributed by atoms with E-state index in [9.17, 15) is 10.1 Å². The van der Waals surface area contributed by atoms with Gasteiger partial charge in [0.05, 0.1) is 4.92 Å². The number of hydrogen-bond donors (Lipinski definition) is 0. The largest absolute Gasteiger partial charge is 0.469 e. The molecule has 7 heteroatoms. The highest BCUT2D eigenvalue weighted by atomic mass is 79.9. The second-order valence-electron chi connectivity index (χ2n) is 2.90. The van der Waals surface area contributed by atoms with Crippen LogP contribution in [0.15, 0.2) is 10.9 Å². The Morgan fingerprint density at radius 3 is 2.93 bits per heavy atom. The quantitative estimate of drug-likeness (QED) is 0.469. The number of hydrogen-bond acceptors (Lipinski definition) is 5. The van der Waals surface area contributed by atoms with Gasteiger partial charge in [-0.1, -0.05) is 0 Å². The molecule has 1 saturated carbocycles. The van der Waals surface area contributed by atoms with E-state index >= 15 is 0 Å². The normalized spacial score (nSPS) is 15.2. The maximum Gasteiger partial charge on any atom is 0.349 e. The smallest absolute Gasteiger partial charge is 0.349 e. The minimum Gasteiger partial charge on any atom is -0.469 e. The van der Waals surface area contributed by atoms with Crippen molar-refractivity contribution in [1.29, 1.82) is 0 Å². The molecule has 1 fully saturated rings. The molecule has 1 heterocycles. The molecule has 0 amide bonds. The standard InChI is InChI=1S/C7H6BrN3O3/c8-7-9-3-5(11(12)13)6(10-7)14-4-1-2-4/h3-4H,1-2H2. The number of aromatic nitrogens is 2. The average Bonchev–Trinajstić information content (AvgIpc) is 2.87. The third-order valence-corrected chi connectivity index (χ3v) is 2.09. The second kappa shape index (κ2) is 3.49. The van der Waals surface area contributed by atoms with E-state index in [1.54, 1.807) is 0 Å². The van der Waals surface area contributed by atoms with Crippen LogP contribution in [0.3, 0.4) is 0 Å². The van der Waals surface area contributed by atoms with Crippen molar-refractivity contribution >= 4 is 21.6 Å². The molecule has 0 bridgehead atoms. The maximum atomic E-state index is 10.6. The molecule has 1 aromatic rings. The summed E-state index contributed by atoms with van der Waals surface area (Å²) >= 11 is 3.03. The molecule has 14 heavy (non-hydrogen) atoms. The Kier molecular flexibility index (Phi) is 2.32. The maximum absolute atomic E-state index is 10.6. The van der Waals surface area contributed by atoms with Gasteiger partial charge in [0.1, 0.15) is 12.3 Å². The van der Waals surface area contributed by atoms with Crippen molar-refractivity contribution in [3.05, 3.63) is 21.0 Å². The zero-order valence-electron chi connectivity index (χ0n) is 7.01. The third kappa shape index (κ3) is 1.98. The first-order valence-electron chi connectivity index (χ1n) is 4.00. The number of halogens is 1. The molecule has 6 nitrogen and oxygen atoms in total. The lowest BCUT2D eigenvalue weighted by Gasteiger charge is -2.02. The van der Waals surface area contributed by atoms with Crippen LogP contribution in [-0.2, 0) is 0 Å². The Balaban J connectivity index is 2.31. The molecule has 1 aromatic heterocycles. The Bertz CT molecular complexity index is 380. The first-order valence-corrected chi connectivity index (χ1v) is 4.79. The van der Waals surface area contributed by atoms with E-state index in [4.69, 9.17) is 4.74 Å². The molecule has 0 radical (unpaired) electrons. The zero-order valence-corrected chi connectivity index (χ0v) is 8.60. The summed E-state index contributed by atoms with van der Waals surface area (Å²) in [5, 5.41) is 10.6. The van der Waals surface area contributed by atoms with E-state index in [1.807, 2.05) is 0 Å². The van der Waals surface area contributed by atoms with Crippen LogP contribution in [0, 0.1) is 10.1 Å². The number of nitro groups is 1. The van der Waals surface area contributed by atoms with Crippen molar-refractivity contribution in [2.24, 2.45) is 0 Å². The van der Waals surface area contributed by atoms with Crippen molar-refractivity contribution in [3.8, 4) is 5.88 Å². The molecule has 0 spiro atoms. The fourth-order valence-corrected chi connectivity index (χ4v) is 1.16. The molecule has 1 aliphatic carbocycles. The van der Waals surface area contributed by atoms with Crippen LogP contribution in [-0.4, -0.2) is 21.0 Å². The highest BCUT2D eigenvalue weighted by Crippen LogP contribution is 2.31. The zero-order chi connectivity index (χ0) is 10.1. The number of ether oxygens (including phenoxy) is 1. The van der Waals surface area contributed by atoms with Crippen LogP contribution in [0.4, 0.5) is 5.69 Å². The van der Waals surface area contributed by atoms with E-state index in [1.165, 1.54) is 0 Å². The van der Waals surface area contributed by atoms with Gasteiger partial charge in [-0.3, -0.25) is 10.1 Å². The van der Waals surface area contributed by atoms with E-state index in [0.29, 0.717) is 4.73 Å². The Morgan fingerprint density at radius 1 is 1.64 bits per heavy atom. The summed E-state index contributed by atoms with van der Waals surface area (Å²) in [6.45, 7) is 0. The molecular weight excluding hydrogens is 254 g/mol. The van der Waals surface area contributed by atoms with Gasteiger partial charge < -0.3 is 4.74 Å². The lowest BCUT2D eigenvalue weighted by atomic mass is 10.5. The van der Waals surface area contributed by atoms with Crippen LogP contribution in [0.5, 0.6) is 5.88 Å². The van der Waals surface area contributed by atoms with Gasteiger partial charge in [-0.2, -0.15) is 4.98 Å². The van der Waals surface area contributed by atoms with Crippen molar-refractivity contribution in [2.75, 3.05) is 0 Å². The van der Waals surface area contributed by atoms with Gasteiger partial charge in [-0.05, 0) is 28.8 Å². The van der Waals surface area contributed by atoms with Crippen LogP contribution >= 0.6 is 15.9 Å². The van der Waals surface area contributed by atoms with Crippen LogP contribution in [0.2, 0.25) is 0 Å². The monoisotopic (exact) mass is 259 g/mol. The number of rotatable bonds is 3. The first kappa shape index (κ1) is 9.32. The Labute approximate surface area is 87.6 Å². The average molecular weight is 260 g/mol.